The average molecular weight is 554 g/mol. The molecule has 0 aliphatic carbocycles. The van der Waals surface area contributed by atoms with E-state index < -0.39 is 78.4 Å². The van der Waals surface area contributed by atoms with Crippen LogP contribution in [-0.2, 0) is 35.0 Å². The highest BCUT2D eigenvalue weighted by molar-refractivity contribution is 6.26. The maximum Gasteiger partial charge on any atom is 0.509 e. The molecule has 3 unspecified atom stereocenters. The Labute approximate surface area is 216 Å². The standard InChI is InChI=1S/C22H30ClF2N3O9/c1-20(2,3)36-18(31)27-14-7-8-28(17(30)26-14)10-13-22(24,25)16(35-19(32)37-21(4,5)6)12(34-13)11-33-15(29)9-23/h7-8,12-13,16H,9-11H2,1-6H3,(H,26,27,30,31). The predicted octanol–water partition coefficient (Wildman–Crippen LogP) is 3.10. The van der Waals surface area contributed by atoms with Crippen LogP contribution in [0.25, 0.3) is 0 Å². The van der Waals surface area contributed by atoms with E-state index in [1.54, 1.807) is 20.8 Å². The minimum absolute atomic E-state index is 0.161. The Morgan fingerprint density at radius 3 is 2.32 bits per heavy atom. The lowest BCUT2D eigenvalue weighted by molar-refractivity contribution is -0.147. The molecule has 0 saturated carbocycles. The molecule has 1 N–H and O–H groups in total. The molecule has 2 rings (SSSR count). The molecule has 1 aliphatic rings. The van der Waals surface area contributed by atoms with Crippen LogP contribution in [0.3, 0.4) is 0 Å². The maximum atomic E-state index is 15.3. The van der Waals surface area contributed by atoms with Gasteiger partial charge >= 0.3 is 29.8 Å². The van der Waals surface area contributed by atoms with Crippen molar-refractivity contribution in [2.75, 3.05) is 17.8 Å². The van der Waals surface area contributed by atoms with Crippen molar-refractivity contribution in [2.24, 2.45) is 0 Å². The van der Waals surface area contributed by atoms with Crippen molar-refractivity contribution in [3.63, 3.8) is 0 Å². The van der Waals surface area contributed by atoms with Gasteiger partial charge in [-0.25, -0.2) is 14.4 Å². The molecule has 1 aromatic heterocycles. The topological polar surface area (TPSA) is 144 Å². The Morgan fingerprint density at radius 1 is 1.16 bits per heavy atom. The molecule has 2 heterocycles. The quantitative estimate of drug-likeness (QED) is 0.304. The number of hydrogen-bond donors (Lipinski definition) is 1. The lowest BCUT2D eigenvalue weighted by Crippen LogP contribution is -2.46. The Morgan fingerprint density at radius 2 is 1.78 bits per heavy atom. The van der Waals surface area contributed by atoms with Gasteiger partial charge in [-0.05, 0) is 47.6 Å². The Bertz CT molecular complexity index is 1050. The van der Waals surface area contributed by atoms with Crippen molar-refractivity contribution < 1.29 is 46.8 Å². The number of nitrogens with zero attached hydrogens (tertiary/aromatic N) is 2. The first-order chi connectivity index (χ1) is 16.9. The van der Waals surface area contributed by atoms with Gasteiger partial charge in [-0.2, -0.15) is 13.8 Å². The van der Waals surface area contributed by atoms with E-state index in [4.69, 9.17) is 35.3 Å². The van der Waals surface area contributed by atoms with E-state index in [1.165, 1.54) is 26.8 Å². The van der Waals surface area contributed by atoms with E-state index in [-0.39, 0.29) is 5.82 Å². The van der Waals surface area contributed by atoms with E-state index in [0.29, 0.717) is 0 Å². The molecular formula is C22H30ClF2N3O9. The van der Waals surface area contributed by atoms with Crippen LogP contribution in [0.1, 0.15) is 41.5 Å². The van der Waals surface area contributed by atoms with E-state index >= 15 is 8.78 Å². The molecule has 0 radical (unpaired) electrons. The predicted molar refractivity (Wildman–Crippen MR) is 125 cm³/mol. The first-order valence-electron chi connectivity index (χ1n) is 11.1. The number of ether oxygens (including phenoxy) is 5. The highest BCUT2D eigenvalue weighted by atomic mass is 35.5. The summed E-state index contributed by atoms with van der Waals surface area (Å²) in [6, 6.07) is 1.20. The van der Waals surface area contributed by atoms with Crippen LogP contribution < -0.4 is 11.0 Å². The summed E-state index contributed by atoms with van der Waals surface area (Å²) in [5.74, 6) is -5.43. The van der Waals surface area contributed by atoms with Crippen LogP contribution in [0.2, 0.25) is 0 Å². The summed E-state index contributed by atoms with van der Waals surface area (Å²) in [7, 11) is 0. The van der Waals surface area contributed by atoms with E-state index in [2.05, 4.69) is 10.3 Å². The molecule has 3 atom stereocenters. The largest absolute Gasteiger partial charge is 0.509 e. The van der Waals surface area contributed by atoms with Crippen molar-refractivity contribution >= 4 is 35.6 Å². The first-order valence-corrected chi connectivity index (χ1v) is 11.7. The van der Waals surface area contributed by atoms with Gasteiger partial charge in [-0.15, -0.1) is 11.6 Å². The molecule has 0 bridgehead atoms. The van der Waals surface area contributed by atoms with Crippen molar-refractivity contribution in [2.45, 2.75) is 83.5 Å². The molecule has 0 aromatic carbocycles. The number of nitrogens with one attached hydrogen (secondary N) is 1. The minimum atomic E-state index is -3.83. The van der Waals surface area contributed by atoms with Crippen molar-refractivity contribution in [3.05, 3.63) is 22.7 Å². The zero-order chi connectivity index (χ0) is 28.2. The van der Waals surface area contributed by atoms with Gasteiger partial charge in [-0.3, -0.25) is 14.7 Å². The molecule has 12 nitrogen and oxygen atoms in total. The number of amides is 1. The van der Waals surface area contributed by atoms with Crippen LogP contribution in [0.4, 0.5) is 24.2 Å². The smallest absolute Gasteiger partial charge is 0.462 e. The summed E-state index contributed by atoms with van der Waals surface area (Å²) in [5, 5.41) is 2.27. The van der Waals surface area contributed by atoms with Crippen molar-refractivity contribution in [3.8, 4) is 0 Å². The third-order valence-electron chi connectivity index (χ3n) is 4.48. The lowest BCUT2D eigenvalue weighted by Gasteiger charge is -2.26. The Kier molecular flexibility index (Phi) is 9.47. The maximum absolute atomic E-state index is 15.3. The highest BCUT2D eigenvalue weighted by Gasteiger charge is 2.62. The molecular weight excluding hydrogens is 524 g/mol. The summed E-state index contributed by atoms with van der Waals surface area (Å²) in [6.45, 7) is 8.07. The molecule has 1 aromatic rings. The number of alkyl halides is 3. The number of halogens is 3. The van der Waals surface area contributed by atoms with Gasteiger partial charge in [0.2, 0.25) is 6.10 Å². The number of aromatic nitrogens is 2. The van der Waals surface area contributed by atoms with Gasteiger partial charge in [0.05, 0.1) is 6.54 Å². The van der Waals surface area contributed by atoms with Gasteiger partial charge in [0, 0.05) is 6.20 Å². The molecule has 37 heavy (non-hydrogen) atoms. The van der Waals surface area contributed by atoms with Crippen LogP contribution >= 0.6 is 11.6 Å². The van der Waals surface area contributed by atoms with Gasteiger partial charge in [0.25, 0.3) is 0 Å². The zero-order valence-electron chi connectivity index (χ0n) is 21.2. The number of hydrogen-bond acceptors (Lipinski definition) is 10. The molecule has 0 spiro atoms. The average Bonchev–Trinajstić information content (AvgIpc) is 2.95. The third kappa shape index (κ3) is 9.11. The monoisotopic (exact) mass is 553 g/mol. The van der Waals surface area contributed by atoms with Gasteiger partial charge in [0.1, 0.15) is 41.7 Å². The van der Waals surface area contributed by atoms with Crippen LogP contribution in [-0.4, -0.2) is 75.7 Å². The second-order valence-electron chi connectivity index (χ2n) is 10.0. The summed E-state index contributed by atoms with van der Waals surface area (Å²) >= 11 is 5.37. The van der Waals surface area contributed by atoms with E-state index in [9.17, 15) is 19.2 Å². The Balaban J connectivity index is 2.20. The van der Waals surface area contributed by atoms with Crippen LogP contribution in [0.15, 0.2) is 17.1 Å². The fraction of sp³-hybridized carbons (Fsp3) is 0.682. The summed E-state index contributed by atoms with van der Waals surface area (Å²) in [6.07, 6.45) is -6.90. The SMILES string of the molecule is CC(C)(C)OC(=O)Nc1ccn(CC2OC(COC(=O)CCl)C(OC(=O)OC(C)(C)C)C2(F)F)c(=O)n1. The number of esters is 1. The first kappa shape index (κ1) is 30.2. The third-order valence-corrected chi connectivity index (χ3v) is 4.70. The molecule has 1 saturated heterocycles. The summed E-state index contributed by atoms with van der Waals surface area (Å²) in [5.41, 5.74) is -2.80. The van der Waals surface area contributed by atoms with Crippen LogP contribution in [0.5, 0.6) is 0 Å². The number of carbonyl (C=O) groups is 3. The second-order valence-corrected chi connectivity index (χ2v) is 10.3. The molecule has 1 fully saturated rings. The van der Waals surface area contributed by atoms with E-state index in [1.807, 2.05) is 0 Å². The Hall–Kier alpha value is -3.00. The van der Waals surface area contributed by atoms with Crippen LogP contribution in [0, 0.1) is 0 Å². The minimum Gasteiger partial charge on any atom is -0.462 e. The number of carbonyl (C=O) groups excluding carboxylic acids is 3. The molecule has 15 heteroatoms. The second kappa shape index (κ2) is 11.6. The number of rotatable bonds is 7. The normalized spacial score (nSPS) is 21.2. The summed E-state index contributed by atoms with van der Waals surface area (Å²) in [4.78, 5) is 51.5. The zero-order valence-corrected chi connectivity index (χ0v) is 22.0. The molecule has 208 valence electrons. The lowest BCUT2D eigenvalue weighted by atomic mass is 10.1. The van der Waals surface area contributed by atoms with Gasteiger partial charge in [0.15, 0.2) is 0 Å². The molecule has 1 aliphatic heterocycles. The van der Waals surface area contributed by atoms with Crippen molar-refractivity contribution in [1.82, 2.24) is 9.55 Å². The van der Waals surface area contributed by atoms with E-state index in [0.717, 1.165) is 10.8 Å². The number of anilines is 1. The van der Waals surface area contributed by atoms with Gasteiger partial charge in [-0.1, -0.05) is 0 Å². The summed E-state index contributed by atoms with van der Waals surface area (Å²) < 4.78 is 56.5. The molecule has 1 amide bonds. The fourth-order valence-electron chi connectivity index (χ4n) is 3.07. The van der Waals surface area contributed by atoms with Gasteiger partial charge < -0.3 is 23.7 Å². The highest BCUT2D eigenvalue weighted by Crippen LogP contribution is 2.39. The fourth-order valence-corrected chi connectivity index (χ4v) is 3.14. The van der Waals surface area contributed by atoms with Crippen molar-refractivity contribution in [1.29, 1.82) is 0 Å².